The van der Waals surface area contributed by atoms with Crippen LogP contribution in [0.5, 0.6) is 0 Å². The normalized spacial score (nSPS) is 17.1. The van der Waals surface area contributed by atoms with E-state index in [1.807, 2.05) is 38.1 Å². The van der Waals surface area contributed by atoms with Crippen LogP contribution in [0.25, 0.3) is 11.1 Å². The second kappa shape index (κ2) is 14.5. The Balaban J connectivity index is 1.14. The maximum absolute atomic E-state index is 13.2. The average molecular weight is 674 g/mol. The van der Waals surface area contributed by atoms with Gasteiger partial charge in [-0.25, -0.2) is 4.79 Å². The lowest BCUT2D eigenvalue weighted by Crippen LogP contribution is -2.44. The minimum Gasteiger partial charge on any atom is -0.481 e. The Hall–Kier alpha value is -6.24. The maximum Gasteiger partial charge on any atom is 0.326 e. The molecule has 50 heavy (non-hydrogen) atoms. The second-order valence-electron chi connectivity index (χ2n) is 12.1. The van der Waals surface area contributed by atoms with Gasteiger partial charge in [-0.15, -0.1) is 0 Å². The van der Waals surface area contributed by atoms with E-state index in [0.29, 0.717) is 66.4 Å². The first kappa shape index (κ1) is 33.7. The number of nitrogens with one attached hydrogen (secondary N) is 3. The van der Waals surface area contributed by atoms with Crippen LogP contribution in [-0.2, 0) is 9.59 Å². The summed E-state index contributed by atoms with van der Waals surface area (Å²) >= 11 is 0. The summed E-state index contributed by atoms with van der Waals surface area (Å²) < 4.78 is 0. The number of aliphatic imine (C=N–C) groups is 2. The number of carboxylic acids is 2. The van der Waals surface area contributed by atoms with Gasteiger partial charge in [-0.2, -0.15) is 0 Å². The average Bonchev–Trinajstić information content (AvgIpc) is 3.13. The van der Waals surface area contributed by atoms with Gasteiger partial charge in [0.2, 0.25) is 0 Å². The standard InChI is InChI=1S/C37H35N7O6/c1-20-25(5-3-7-27(20)43-34(45)29-11-9-23(18-40-29)32-17-22(36(47)48)13-15-38-32)26-6-4-8-28(21(26)2)44-35(46)30-12-10-24(19-41-30)33-39-16-14-31(42-33)37(49)50/h3-12,18-19,22,31H,13-17H2,1-2H3,(H,39,42)(H,43,45)(H,44,46)(H,47,48)(H,49,50). The van der Waals surface area contributed by atoms with Crippen molar-refractivity contribution in [2.24, 2.45) is 15.9 Å². The van der Waals surface area contributed by atoms with Crippen molar-refractivity contribution in [1.82, 2.24) is 15.3 Å². The van der Waals surface area contributed by atoms with E-state index >= 15 is 0 Å². The summed E-state index contributed by atoms with van der Waals surface area (Å²) in [6, 6.07) is 17.0. The molecule has 2 aromatic heterocycles. The number of amidine groups is 1. The number of amides is 2. The maximum atomic E-state index is 13.2. The molecule has 2 unspecified atom stereocenters. The molecule has 6 rings (SSSR count). The van der Waals surface area contributed by atoms with E-state index in [2.05, 4.69) is 35.9 Å². The molecule has 13 heteroatoms. The molecule has 0 bridgehead atoms. The summed E-state index contributed by atoms with van der Waals surface area (Å²) in [5.74, 6) is -2.64. The molecular weight excluding hydrogens is 638 g/mol. The minimum atomic E-state index is -0.949. The molecule has 0 radical (unpaired) electrons. The van der Waals surface area contributed by atoms with Crippen LogP contribution in [0.15, 0.2) is 83.0 Å². The molecule has 0 saturated heterocycles. The topological polar surface area (TPSA) is 195 Å². The number of carbonyl (C=O) groups is 4. The first-order valence-corrected chi connectivity index (χ1v) is 16.1. The van der Waals surface area contributed by atoms with Crippen molar-refractivity contribution >= 4 is 46.7 Å². The molecular formula is C37H35N7O6. The Kier molecular flexibility index (Phi) is 9.75. The molecule has 5 N–H and O–H groups in total. The van der Waals surface area contributed by atoms with Crippen molar-refractivity contribution in [1.29, 1.82) is 0 Å². The van der Waals surface area contributed by atoms with Crippen LogP contribution in [0.3, 0.4) is 0 Å². The predicted octanol–water partition coefficient (Wildman–Crippen LogP) is 4.74. The highest BCUT2D eigenvalue weighted by molar-refractivity contribution is 6.07. The van der Waals surface area contributed by atoms with Crippen molar-refractivity contribution < 1.29 is 29.4 Å². The number of carboxylic acid groups (broad SMARTS) is 2. The Morgan fingerprint density at radius 2 is 1.26 bits per heavy atom. The van der Waals surface area contributed by atoms with Crippen molar-refractivity contribution in [3.63, 3.8) is 0 Å². The van der Waals surface area contributed by atoms with Crippen LogP contribution >= 0.6 is 0 Å². The van der Waals surface area contributed by atoms with Crippen molar-refractivity contribution in [3.05, 3.63) is 107 Å². The van der Waals surface area contributed by atoms with Gasteiger partial charge >= 0.3 is 11.9 Å². The molecule has 2 aromatic carbocycles. The lowest BCUT2D eigenvalue weighted by Gasteiger charge is -2.21. The van der Waals surface area contributed by atoms with Gasteiger partial charge in [0.05, 0.1) is 5.92 Å². The summed E-state index contributed by atoms with van der Waals surface area (Å²) in [4.78, 5) is 66.6. The fraction of sp³-hybridized carbons (Fsp3) is 0.243. The molecule has 2 atom stereocenters. The molecule has 2 amide bonds. The van der Waals surface area contributed by atoms with E-state index in [1.54, 1.807) is 42.6 Å². The predicted molar refractivity (Wildman–Crippen MR) is 188 cm³/mol. The zero-order chi connectivity index (χ0) is 35.4. The Labute approximate surface area is 287 Å². The van der Waals surface area contributed by atoms with E-state index in [0.717, 1.165) is 22.3 Å². The van der Waals surface area contributed by atoms with Crippen molar-refractivity contribution in [2.75, 3.05) is 23.7 Å². The van der Waals surface area contributed by atoms with Gasteiger partial charge in [-0.05, 0) is 85.3 Å². The highest BCUT2D eigenvalue weighted by atomic mass is 16.4. The zero-order valence-corrected chi connectivity index (χ0v) is 27.4. The fourth-order valence-electron chi connectivity index (χ4n) is 5.99. The second-order valence-corrected chi connectivity index (χ2v) is 12.1. The third kappa shape index (κ3) is 7.26. The number of rotatable bonds is 9. The number of aromatic nitrogens is 2. The SMILES string of the molecule is Cc1c(NC(=O)c2ccc(C3=NCCC(C(=O)O)C3)cn2)cccc1-c1cccc(NC(=O)c2ccc(C3=NCCC(C(=O)O)N3)cn2)c1C. The third-order valence-electron chi connectivity index (χ3n) is 8.92. The van der Waals surface area contributed by atoms with E-state index in [-0.39, 0.29) is 11.4 Å². The Morgan fingerprint density at radius 1 is 0.700 bits per heavy atom. The lowest BCUT2D eigenvalue weighted by atomic mass is 9.93. The highest BCUT2D eigenvalue weighted by Crippen LogP contribution is 2.34. The van der Waals surface area contributed by atoms with Gasteiger partial charge < -0.3 is 26.2 Å². The minimum absolute atomic E-state index is 0.184. The van der Waals surface area contributed by atoms with Crippen LogP contribution in [-0.4, -0.2) is 74.6 Å². The van der Waals surface area contributed by atoms with Gasteiger partial charge in [0.15, 0.2) is 0 Å². The first-order valence-electron chi connectivity index (χ1n) is 16.1. The lowest BCUT2D eigenvalue weighted by molar-refractivity contribution is -0.142. The molecule has 13 nitrogen and oxygen atoms in total. The summed E-state index contributed by atoms with van der Waals surface area (Å²) in [6.45, 7) is 4.63. The van der Waals surface area contributed by atoms with Crippen molar-refractivity contribution in [2.45, 2.75) is 39.2 Å². The van der Waals surface area contributed by atoms with Crippen LogP contribution in [0, 0.1) is 19.8 Å². The number of aliphatic carboxylic acids is 2. The summed E-state index contributed by atoms with van der Waals surface area (Å²) in [5, 5.41) is 27.5. The molecule has 254 valence electrons. The molecule has 0 aliphatic carbocycles. The smallest absolute Gasteiger partial charge is 0.326 e. The van der Waals surface area contributed by atoms with E-state index in [4.69, 9.17) is 0 Å². The molecule has 4 heterocycles. The van der Waals surface area contributed by atoms with Gasteiger partial charge in [0.25, 0.3) is 11.8 Å². The summed E-state index contributed by atoms with van der Waals surface area (Å²) in [6.07, 6.45) is 4.27. The van der Waals surface area contributed by atoms with E-state index in [9.17, 15) is 29.4 Å². The van der Waals surface area contributed by atoms with Crippen LogP contribution < -0.4 is 16.0 Å². The largest absolute Gasteiger partial charge is 0.481 e. The molecule has 0 fully saturated rings. The molecule has 0 spiro atoms. The molecule has 2 aliphatic heterocycles. The Bertz CT molecular complexity index is 1890. The van der Waals surface area contributed by atoms with Gasteiger partial charge in [-0.3, -0.25) is 34.3 Å². The fourth-order valence-corrected chi connectivity index (χ4v) is 5.99. The van der Waals surface area contributed by atoms with Crippen LogP contribution in [0.1, 0.15) is 62.5 Å². The highest BCUT2D eigenvalue weighted by Gasteiger charge is 2.25. The number of hydrogen-bond donors (Lipinski definition) is 5. The zero-order valence-electron chi connectivity index (χ0n) is 27.4. The monoisotopic (exact) mass is 673 g/mol. The van der Waals surface area contributed by atoms with E-state index < -0.39 is 35.7 Å². The summed E-state index contributed by atoms with van der Waals surface area (Å²) in [5.41, 5.74) is 6.92. The van der Waals surface area contributed by atoms with E-state index in [1.165, 1.54) is 6.20 Å². The molecule has 2 aliphatic rings. The van der Waals surface area contributed by atoms with Gasteiger partial charge in [0, 0.05) is 60.1 Å². The number of anilines is 2. The van der Waals surface area contributed by atoms with Gasteiger partial charge in [-0.1, -0.05) is 24.3 Å². The number of nitrogens with zero attached hydrogens (tertiary/aromatic N) is 4. The van der Waals surface area contributed by atoms with Gasteiger partial charge in [0.1, 0.15) is 23.3 Å². The Morgan fingerprint density at radius 3 is 1.78 bits per heavy atom. The third-order valence-corrected chi connectivity index (χ3v) is 8.92. The first-order chi connectivity index (χ1) is 24.1. The van der Waals surface area contributed by atoms with Crippen LogP contribution in [0.2, 0.25) is 0 Å². The van der Waals surface area contributed by atoms with Crippen molar-refractivity contribution in [3.8, 4) is 11.1 Å². The molecule has 0 saturated carbocycles. The summed E-state index contributed by atoms with van der Waals surface area (Å²) in [7, 11) is 0. The number of pyridine rings is 2. The number of hydrogen-bond acceptors (Lipinski definition) is 9. The van der Waals surface area contributed by atoms with Crippen LogP contribution in [0.4, 0.5) is 11.4 Å². The quantitative estimate of drug-likeness (QED) is 0.167. The molecule has 4 aromatic rings. The number of carbonyl (C=O) groups excluding carboxylic acids is 2. The number of benzene rings is 2.